The largest absolute Gasteiger partial charge is 0.497 e. The number of nitrogens with zero attached hydrogens (tertiary/aromatic N) is 1. The third kappa shape index (κ3) is 6.87. The van der Waals surface area contributed by atoms with E-state index in [-0.39, 0.29) is 30.9 Å². The highest BCUT2D eigenvalue weighted by Gasteiger charge is 2.15. The molecule has 0 aliphatic heterocycles. The quantitative estimate of drug-likeness (QED) is 0.672. The van der Waals surface area contributed by atoms with Gasteiger partial charge in [0.05, 0.1) is 26.2 Å². The second-order valence-corrected chi connectivity index (χ2v) is 6.86. The van der Waals surface area contributed by atoms with E-state index < -0.39 is 0 Å². The van der Waals surface area contributed by atoms with Crippen LogP contribution in [-0.2, 0) is 9.59 Å². The van der Waals surface area contributed by atoms with Crippen LogP contribution in [0.3, 0.4) is 0 Å². The van der Waals surface area contributed by atoms with Gasteiger partial charge in [0.2, 0.25) is 11.8 Å². The molecule has 0 fully saturated rings. The average molecular weight is 404 g/mol. The Morgan fingerprint density at radius 1 is 1.04 bits per heavy atom. The third-order valence-electron chi connectivity index (χ3n) is 4.30. The fourth-order valence-electron chi connectivity index (χ4n) is 2.68. The van der Waals surface area contributed by atoms with E-state index in [4.69, 9.17) is 16.3 Å². The van der Waals surface area contributed by atoms with Crippen LogP contribution in [0, 0.1) is 0 Å². The molecular formula is C21H26ClN3O3. The summed E-state index contributed by atoms with van der Waals surface area (Å²) in [6, 6.07) is 14.3. The molecule has 2 amide bonds. The molecule has 150 valence electrons. The number of nitrogens with one attached hydrogen (secondary N) is 2. The molecule has 2 aromatic carbocycles. The molecule has 0 aliphatic rings. The number of hydrogen-bond acceptors (Lipinski definition) is 4. The van der Waals surface area contributed by atoms with Gasteiger partial charge in [0.15, 0.2) is 0 Å². The van der Waals surface area contributed by atoms with Gasteiger partial charge in [-0.2, -0.15) is 0 Å². The van der Waals surface area contributed by atoms with Crippen LogP contribution in [0.2, 0.25) is 5.02 Å². The maximum atomic E-state index is 12.3. The van der Waals surface area contributed by atoms with Crippen molar-refractivity contribution in [2.45, 2.75) is 19.9 Å². The lowest BCUT2D eigenvalue weighted by Crippen LogP contribution is -2.41. The Kier molecular flexibility index (Phi) is 8.29. The molecule has 0 saturated heterocycles. The number of hydrogen-bond donors (Lipinski definition) is 2. The molecule has 0 aromatic heterocycles. The normalized spacial score (nSPS) is 11.8. The van der Waals surface area contributed by atoms with Gasteiger partial charge in [0.1, 0.15) is 5.75 Å². The van der Waals surface area contributed by atoms with Gasteiger partial charge in [0, 0.05) is 10.7 Å². The second-order valence-electron chi connectivity index (χ2n) is 6.42. The Morgan fingerprint density at radius 2 is 1.64 bits per heavy atom. The van der Waals surface area contributed by atoms with Crippen molar-refractivity contribution >= 4 is 29.1 Å². The first-order valence-corrected chi connectivity index (χ1v) is 9.50. The number of ether oxygens (including phenoxy) is 1. The number of rotatable bonds is 9. The van der Waals surface area contributed by atoms with E-state index in [0.717, 1.165) is 11.3 Å². The van der Waals surface area contributed by atoms with Crippen LogP contribution >= 0.6 is 11.6 Å². The third-order valence-corrected chi connectivity index (χ3v) is 4.55. The maximum absolute atomic E-state index is 12.3. The number of amides is 2. The highest BCUT2D eigenvalue weighted by Crippen LogP contribution is 2.16. The summed E-state index contributed by atoms with van der Waals surface area (Å²) in [6.45, 7) is 4.68. The number of anilines is 1. The van der Waals surface area contributed by atoms with Crippen LogP contribution < -0.4 is 15.4 Å². The van der Waals surface area contributed by atoms with Crippen molar-refractivity contribution in [2.75, 3.05) is 32.1 Å². The van der Waals surface area contributed by atoms with E-state index in [2.05, 4.69) is 10.6 Å². The molecule has 2 N–H and O–H groups in total. The van der Waals surface area contributed by atoms with E-state index in [0.29, 0.717) is 17.3 Å². The van der Waals surface area contributed by atoms with Crippen LogP contribution in [0.1, 0.15) is 25.5 Å². The summed E-state index contributed by atoms with van der Waals surface area (Å²) in [5.74, 6) is 0.409. The molecule has 6 nitrogen and oxygen atoms in total. The van der Waals surface area contributed by atoms with Crippen LogP contribution in [0.15, 0.2) is 48.5 Å². The maximum Gasteiger partial charge on any atom is 0.238 e. The predicted octanol–water partition coefficient (Wildman–Crippen LogP) is 3.49. The number of carbonyl (C=O) groups is 2. The molecule has 0 radical (unpaired) electrons. The van der Waals surface area contributed by atoms with Crippen molar-refractivity contribution in [3.63, 3.8) is 0 Å². The summed E-state index contributed by atoms with van der Waals surface area (Å²) in [6.07, 6.45) is 0. The van der Waals surface area contributed by atoms with Gasteiger partial charge >= 0.3 is 0 Å². The SMILES string of the molecule is CCN(CC(=O)Nc1ccc(OC)cc1)CC(=O)N[C@@H](C)c1ccc(Cl)cc1. The van der Waals surface area contributed by atoms with Crippen molar-refractivity contribution in [3.8, 4) is 5.75 Å². The van der Waals surface area contributed by atoms with Gasteiger partial charge in [-0.3, -0.25) is 14.5 Å². The minimum absolute atomic E-state index is 0.130. The van der Waals surface area contributed by atoms with E-state index in [1.165, 1.54) is 0 Å². The molecule has 2 rings (SSSR count). The first-order chi connectivity index (χ1) is 13.4. The topological polar surface area (TPSA) is 70.7 Å². The van der Waals surface area contributed by atoms with Gasteiger partial charge in [0.25, 0.3) is 0 Å². The molecule has 0 aliphatic carbocycles. The Bertz CT molecular complexity index is 778. The van der Waals surface area contributed by atoms with E-state index in [9.17, 15) is 9.59 Å². The molecule has 0 bridgehead atoms. The summed E-state index contributed by atoms with van der Waals surface area (Å²) >= 11 is 5.89. The number of methoxy groups -OCH3 is 1. The smallest absolute Gasteiger partial charge is 0.238 e. The fourth-order valence-corrected chi connectivity index (χ4v) is 2.81. The lowest BCUT2D eigenvalue weighted by atomic mass is 10.1. The Balaban J connectivity index is 1.83. The Labute approximate surface area is 170 Å². The Morgan fingerprint density at radius 3 is 2.21 bits per heavy atom. The van der Waals surface area contributed by atoms with Crippen molar-refractivity contribution in [1.29, 1.82) is 0 Å². The van der Waals surface area contributed by atoms with Crippen LogP contribution in [-0.4, -0.2) is 43.5 Å². The van der Waals surface area contributed by atoms with Crippen LogP contribution in [0.4, 0.5) is 5.69 Å². The summed E-state index contributed by atoms with van der Waals surface area (Å²) in [7, 11) is 1.59. The van der Waals surface area contributed by atoms with Crippen molar-refractivity contribution in [3.05, 3.63) is 59.1 Å². The number of halogens is 1. The molecule has 28 heavy (non-hydrogen) atoms. The highest BCUT2D eigenvalue weighted by molar-refractivity contribution is 6.30. The zero-order chi connectivity index (χ0) is 20.5. The lowest BCUT2D eigenvalue weighted by Gasteiger charge is -2.21. The van der Waals surface area contributed by atoms with Gasteiger partial charge in [-0.05, 0) is 55.4 Å². The summed E-state index contributed by atoms with van der Waals surface area (Å²) in [5, 5.41) is 6.42. The van der Waals surface area contributed by atoms with E-state index >= 15 is 0 Å². The summed E-state index contributed by atoms with van der Waals surface area (Å²) in [4.78, 5) is 26.4. The predicted molar refractivity (Wildman–Crippen MR) is 112 cm³/mol. The van der Waals surface area contributed by atoms with Crippen LogP contribution in [0.25, 0.3) is 0 Å². The lowest BCUT2D eigenvalue weighted by molar-refractivity contribution is -0.123. The van der Waals surface area contributed by atoms with Crippen molar-refractivity contribution < 1.29 is 14.3 Å². The zero-order valence-electron chi connectivity index (χ0n) is 16.4. The van der Waals surface area contributed by atoms with Crippen molar-refractivity contribution in [1.82, 2.24) is 10.2 Å². The molecular weight excluding hydrogens is 378 g/mol. The highest BCUT2D eigenvalue weighted by atomic mass is 35.5. The molecule has 7 heteroatoms. The molecule has 0 saturated carbocycles. The molecule has 0 heterocycles. The summed E-state index contributed by atoms with van der Waals surface area (Å²) < 4.78 is 5.10. The Hall–Kier alpha value is -2.57. The second kappa shape index (κ2) is 10.7. The monoisotopic (exact) mass is 403 g/mol. The zero-order valence-corrected chi connectivity index (χ0v) is 17.1. The minimum Gasteiger partial charge on any atom is -0.497 e. The first-order valence-electron chi connectivity index (χ1n) is 9.12. The van der Waals surface area contributed by atoms with E-state index in [1.54, 1.807) is 48.4 Å². The van der Waals surface area contributed by atoms with Gasteiger partial charge in [-0.25, -0.2) is 0 Å². The first kappa shape index (κ1) is 21.7. The molecule has 0 unspecified atom stereocenters. The van der Waals surface area contributed by atoms with Crippen molar-refractivity contribution in [2.24, 2.45) is 0 Å². The van der Waals surface area contributed by atoms with Gasteiger partial charge in [-0.1, -0.05) is 30.7 Å². The molecule has 2 aromatic rings. The molecule has 1 atom stereocenters. The summed E-state index contributed by atoms with van der Waals surface area (Å²) in [5.41, 5.74) is 1.65. The standard InChI is InChI=1S/C21H26ClN3O3/c1-4-25(14-21(27)24-18-9-11-19(28-3)12-10-18)13-20(26)23-15(2)16-5-7-17(22)8-6-16/h5-12,15H,4,13-14H2,1-3H3,(H,23,26)(H,24,27)/t15-/m0/s1. The fraction of sp³-hybridized carbons (Fsp3) is 0.333. The minimum atomic E-state index is -0.175. The van der Waals surface area contributed by atoms with Crippen LogP contribution in [0.5, 0.6) is 5.75 Å². The number of benzene rings is 2. The van der Waals surface area contributed by atoms with E-state index in [1.807, 2.05) is 26.0 Å². The van der Waals surface area contributed by atoms with Gasteiger partial charge < -0.3 is 15.4 Å². The number of likely N-dealkylation sites (N-methyl/N-ethyl adjacent to an activating group) is 1. The molecule has 0 spiro atoms. The number of carbonyl (C=O) groups excluding carboxylic acids is 2. The average Bonchev–Trinajstić information content (AvgIpc) is 2.68. The van der Waals surface area contributed by atoms with Gasteiger partial charge in [-0.15, -0.1) is 0 Å².